The molecule has 2 N–H and O–H groups in total. The van der Waals surface area contributed by atoms with Gasteiger partial charge in [-0.3, -0.25) is 4.79 Å². The van der Waals surface area contributed by atoms with E-state index >= 15 is 0 Å². The van der Waals surface area contributed by atoms with E-state index in [9.17, 15) is 14.0 Å². The van der Waals surface area contributed by atoms with Gasteiger partial charge in [-0.05, 0) is 29.5 Å². The number of urea groups is 1. The van der Waals surface area contributed by atoms with Crippen molar-refractivity contribution in [2.24, 2.45) is 11.3 Å². The van der Waals surface area contributed by atoms with Crippen molar-refractivity contribution in [3.63, 3.8) is 0 Å². The molecule has 2 atom stereocenters. The molecule has 0 aromatic heterocycles. The monoisotopic (exact) mass is 322 g/mol. The van der Waals surface area contributed by atoms with Crippen molar-refractivity contribution in [3.8, 4) is 0 Å². The van der Waals surface area contributed by atoms with E-state index in [4.69, 9.17) is 5.11 Å². The molecule has 1 fully saturated rings. The SMILES string of the molecule is CC(C)(C)C(NC(=O)N1CCC(C(=O)O)C1)c1ccc(F)cc1. The minimum absolute atomic E-state index is 0.224. The average Bonchev–Trinajstić information content (AvgIpc) is 2.94. The summed E-state index contributed by atoms with van der Waals surface area (Å²) in [6.07, 6.45) is 0.472. The molecule has 0 bridgehead atoms. The second-order valence-corrected chi connectivity index (χ2v) is 7.07. The van der Waals surface area contributed by atoms with E-state index in [2.05, 4.69) is 5.32 Å². The van der Waals surface area contributed by atoms with Gasteiger partial charge < -0.3 is 15.3 Å². The Bertz CT molecular complexity index is 580. The van der Waals surface area contributed by atoms with E-state index in [0.717, 1.165) is 5.56 Å². The summed E-state index contributed by atoms with van der Waals surface area (Å²) in [5.41, 5.74) is 0.556. The molecular weight excluding hydrogens is 299 g/mol. The maximum atomic E-state index is 13.1. The Labute approximate surface area is 135 Å². The van der Waals surface area contributed by atoms with Crippen molar-refractivity contribution in [2.45, 2.75) is 33.2 Å². The van der Waals surface area contributed by atoms with Crippen LogP contribution in [0.25, 0.3) is 0 Å². The number of carboxylic acids is 1. The lowest BCUT2D eigenvalue weighted by atomic mass is 9.82. The van der Waals surface area contributed by atoms with Gasteiger partial charge in [0.05, 0.1) is 12.0 Å². The molecule has 1 aliphatic heterocycles. The normalized spacial score (nSPS) is 19.5. The van der Waals surface area contributed by atoms with Gasteiger partial charge in [0, 0.05) is 13.1 Å². The summed E-state index contributed by atoms with van der Waals surface area (Å²) in [4.78, 5) is 25.0. The number of carboxylic acid groups (broad SMARTS) is 1. The largest absolute Gasteiger partial charge is 0.481 e. The summed E-state index contributed by atoms with van der Waals surface area (Å²) < 4.78 is 13.1. The van der Waals surface area contributed by atoms with Crippen LogP contribution >= 0.6 is 0 Å². The number of halogens is 1. The Balaban J connectivity index is 2.11. The topological polar surface area (TPSA) is 69.6 Å². The quantitative estimate of drug-likeness (QED) is 0.898. The number of nitrogens with one attached hydrogen (secondary N) is 1. The van der Waals surface area contributed by atoms with Crippen LogP contribution < -0.4 is 5.32 Å². The molecule has 6 heteroatoms. The number of rotatable bonds is 3. The van der Waals surface area contributed by atoms with Crippen molar-refractivity contribution >= 4 is 12.0 Å². The zero-order chi connectivity index (χ0) is 17.2. The molecule has 2 unspecified atom stereocenters. The number of amides is 2. The maximum Gasteiger partial charge on any atom is 0.317 e. The van der Waals surface area contributed by atoms with E-state index in [1.54, 1.807) is 12.1 Å². The minimum atomic E-state index is -0.869. The van der Waals surface area contributed by atoms with E-state index in [0.29, 0.717) is 13.0 Å². The first kappa shape index (κ1) is 17.2. The predicted octanol–water partition coefficient (Wildman–Crippen LogP) is 3.03. The summed E-state index contributed by atoms with van der Waals surface area (Å²) in [5, 5.41) is 12.0. The molecule has 0 spiro atoms. The highest BCUT2D eigenvalue weighted by atomic mass is 19.1. The second-order valence-electron chi connectivity index (χ2n) is 7.07. The molecular formula is C17H23FN2O3. The van der Waals surface area contributed by atoms with E-state index in [1.807, 2.05) is 20.8 Å². The Morgan fingerprint density at radius 2 is 1.91 bits per heavy atom. The molecule has 2 amide bonds. The van der Waals surface area contributed by atoms with Gasteiger partial charge >= 0.3 is 12.0 Å². The molecule has 126 valence electrons. The van der Waals surface area contributed by atoms with Crippen LogP contribution in [0.5, 0.6) is 0 Å². The Morgan fingerprint density at radius 3 is 2.39 bits per heavy atom. The van der Waals surface area contributed by atoms with Gasteiger partial charge in [0.1, 0.15) is 5.82 Å². The molecule has 1 aliphatic rings. The van der Waals surface area contributed by atoms with Crippen LogP contribution in [0.3, 0.4) is 0 Å². The van der Waals surface area contributed by atoms with Crippen LogP contribution in [0.2, 0.25) is 0 Å². The third-order valence-electron chi connectivity index (χ3n) is 4.16. The summed E-state index contributed by atoms with van der Waals surface area (Å²) >= 11 is 0. The van der Waals surface area contributed by atoms with E-state index < -0.39 is 11.9 Å². The highest BCUT2D eigenvalue weighted by Crippen LogP contribution is 2.33. The standard InChI is InChI=1S/C17H23FN2O3/c1-17(2,3)14(11-4-6-13(18)7-5-11)19-16(23)20-9-8-12(10-20)15(21)22/h4-7,12,14H,8-10H2,1-3H3,(H,19,23)(H,21,22). The van der Waals surface area contributed by atoms with E-state index in [-0.39, 0.29) is 29.8 Å². The molecule has 1 heterocycles. The molecule has 23 heavy (non-hydrogen) atoms. The zero-order valence-corrected chi connectivity index (χ0v) is 13.7. The first-order valence-electron chi connectivity index (χ1n) is 7.72. The van der Waals surface area contributed by atoms with Crippen LogP contribution in [-0.4, -0.2) is 35.1 Å². The van der Waals surface area contributed by atoms with Crippen LogP contribution in [0, 0.1) is 17.2 Å². The number of likely N-dealkylation sites (tertiary alicyclic amines) is 1. The number of nitrogens with zero attached hydrogens (tertiary/aromatic N) is 1. The first-order chi connectivity index (χ1) is 10.7. The average molecular weight is 322 g/mol. The van der Waals surface area contributed by atoms with E-state index in [1.165, 1.54) is 17.0 Å². The molecule has 1 aromatic carbocycles. The van der Waals surface area contributed by atoms with Crippen molar-refractivity contribution in [2.75, 3.05) is 13.1 Å². The molecule has 0 radical (unpaired) electrons. The predicted molar refractivity (Wildman–Crippen MR) is 84.4 cm³/mol. The number of hydrogen-bond donors (Lipinski definition) is 2. The molecule has 1 saturated heterocycles. The van der Waals surface area contributed by atoms with Crippen molar-refractivity contribution < 1.29 is 19.1 Å². The smallest absolute Gasteiger partial charge is 0.317 e. The summed E-state index contributed by atoms with van der Waals surface area (Å²) in [6, 6.07) is 5.50. The molecule has 0 aliphatic carbocycles. The minimum Gasteiger partial charge on any atom is -0.481 e. The Kier molecular flexibility index (Phi) is 4.92. The highest BCUT2D eigenvalue weighted by Gasteiger charge is 2.34. The third kappa shape index (κ3) is 4.21. The molecule has 1 aromatic rings. The van der Waals surface area contributed by atoms with Crippen LogP contribution in [-0.2, 0) is 4.79 Å². The summed E-state index contributed by atoms with van der Waals surface area (Å²) in [5.74, 6) is -1.69. The van der Waals surface area contributed by atoms with Gasteiger partial charge in [0.2, 0.25) is 0 Å². The third-order valence-corrected chi connectivity index (χ3v) is 4.16. The second kappa shape index (κ2) is 6.56. The van der Waals surface area contributed by atoms with Crippen LogP contribution in [0.4, 0.5) is 9.18 Å². The van der Waals surface area contributed by atoms with Crippen molar-refractivity contribution in [3.05, 3.63) is 35.6 Å². The lowest BCUT2D eigenvalue weighted by molar-refractivity contribution is -0.141. The summed E-state index contributed by atoms with van der Waals surface area (Å²) in [7, 11) is 0. The molecule has 2 rings (SSSR count). The molecule has 0 saturated carbocycles. The van der Waals surface area contributed by atoms with Crippen molar-refractivity contribution in [1.29, 1.82) is 0 Å². The van der Waals surface area contributed by atoms with Gasteiger partial charge in [-0.15, -0.1) is 0 Å². The van der Waals surface area contributed by atoms with Gasteiger partial charge in [-0.25, -0.2) is 9.18 Å². The number of carbonyl (C=O) groups is 2. The fraction of sp³-hybridized carbons (Fsp3) is 0.529. The summed E-state index contributed by atoms with van der Waals surface area (Å²) in [6.45, 7) is 6.63. The van der Waals surface area contributed by atoms with Gasteiger partial charge in [0.25, 0.3) is 0 Å². The Hall–Kier alpha value is -2.11. The highest BCUT2D eigenvalue weighted by molar-refractivity contribution is 5.77. The lowest BCUT2D eigenvalue weighted by Gasteiger charge is -2.33. The first-order valence-corrected chi connectivity index (χ1v) is 7.72. The fourth-order valence-corrected chi connectivity index (χ4v) is 2.82. The van der Waals surface area contributed by atoms with Gasteiger partial charge in [-0.2, -0.15) is 0 Å². The fourth-order valence-electron chi connectivity index (χ4n) is 2.82. The van der Waals surface area contributed by atoms with Gasteiger partial charge in [0.15, 0.2) is 0 Å². The number of aliphatic carboxylic acids is 1. The number of carbonyl (C=O) groups excluding carboxylic acids is 1. The number of hydrogen-bond acceptors (Lipinski definition) is 2. The zero-order valence-electron chi connectivity index (χ0n) is 13.7. The Morgan fingerprint density at radius 1 is 1.30 bits per heavy atom. The maximum absolute atomic E-state index is 13.1. The lowest BCUT2D eigenvalue weighted by Crippen LogP contribution is -2.44. The van der Waals surface area contributed by atoms with Crippen molar-refractivity contribution in [1.82, 2.24) is 10.2 Å². The van der Waals surface area contributed by atoms with Crippen LogP contribution in [0.15, 0.2) is 24.3 Å². The van der Waals surface area contributed by atoms with Crippen LogP contribution in [0.1, 0.15) is 38.8 Å². The molecule has 5 nitrogen and oxygen atoms in total. The number of benzene rings is 1. The van der Waals surface area contributed by atoms with Gasteiger partial charge in [-0.1, -0.05) is 32.9 Å².